The number of methoxy groups -OCH3 is 1. The van der Waals surface area contributed by atoms with E-state index in [2.05, 4.69) is 9.47 Å². The molecule has 0 spiro atoms. The van der Waals surface area contributed by atoms with Gasteiger partial charge in [0.1, 0.15) is 12.2 Å². The van der Waals surface area contributed by atoms with Crippen molar-refractivity contribution in [2.45, 2.75) is 44.7 Å². The molecule has 3 N–H and O–H groups in total. The molecule has 0 aliphatic carbocycles. The first-order chi connectivity index (χ1) is 10.4. The Bertz CT molecular complexity index is 525. The van der Waals surface area contributed by atoms with Crippen molar-refractivity contribution in [2.24, 2.45) is 0 Å². The van der Waals surface area contributed by atoms with Crippen molar-refractivity contribution in [1.82, 2.24) is 0 Å². The second kappa shape index (κ2) is 7.90. The number of aliphatic hydroxyl groups is 3. The summed E-state index contributed by atoms with van der Waals surface area (Å²) in [6, 6.07) is 0. The number of aliphatic hydroxyl groups excluding tert-OH is 3. The van der Waals surface area contributed by atoms with Crippen molar-refractivity contribution in [1.29, 1.82) is 0 Å². The van der Waals surface area contributed by atoms with Crippen molar-refractivity contribution in [3.8, 4) is 0 Å². The van der Waals surface area contributed by atoms with Crippen LogP contribution in [0.1, 0.15) is 20.8 Å². The van der Waals surface area contributed by atoms with Crippen molar-refractivity contribution >= 4 is 29.3 Å². The molecule has 0 aliphatic rings. The molecule has 0 aromatic rings. The lowest BCUT2D eigenvalue weighted by Crippen LogP contribution is -2.65. The zero-order valence-electron chi connectivity index (χ0n) is 12.9. The predicted molar refractivity (Wildman–Crippen MR) is 70.9 cm³/mol. The summed E-state index contributed by atoms with van der Waals surface area (Å²) in [5.74, 6) is -6.75. The van der Waals surface area contributed by atoms with Gasteiger partial charge in [-0.1, -0.05) is 0 Å². The molecule has 0 saturated carbocycles. The third kappa shape index (κ3) is 4.18. The standard InChI is InChI=1S/C13H18O10/c1-5(14)10(19)13(6(2)15,23-7(3)16)11(20)8(17)9(18)12(21)22-4/h8-9,11,17-18,20H,1-4H3/t8?,9?,11?,13-/m0/s1. The lowest BCUT2D eigenvalue weighted by atomic mass is 9.81. The monoisotopic (exact) mass is 334 g/mol. The van der Waals surface area contributed by atoms with Crippen molar-refractivity contribution in [3.63, 3.8) is 0 Å². The minimum absolute atomic E-state index is 0.726. The fraction of sp³-hybridized carbons (Fsp3) is 0.615. The third-order valence-corrected chi connectivity index (χ3v) is 2.99. The molecule has 0 aromatic carbocycles. The Morgan fingerprint density at radius 2 is 1.43 bits per heavy atom. The summed E-state index contributed by atoms with van der Waals surface area (Å²) >= 11 is 0. The minimum Gasteiger partial charge on any atom is -0.467 e. The van der Waals surface area contributed by atoms with Crippen LogP contribution in [-0.2, 0) is 33.4 Å². The fourth-order valence-electron chi connectivity index (χ4n) is 1.84. The number of ketones is 3. The average molecular weight is 334 g/mol. The molecule has 0 fully saturated rings. The minimum atomic E-state index is -3.09. The van der Waals surface area contributed by atoms with Gasteiger partial charge in [-0.2, -0.15) is 0 Å². The molecule has 130 valence electrons. The van der Waals surface area contributed by atoms with Gasteiger partial charge < -0.3 is 24.8 Å². The molecule has 0 bridgehead atoms. The molecule has 4 atom stereocenters. The van der Waals surface area contributed by atoms with Gasteiger partial charge in [0.25, 0.3) is 11.4 Å². The van der Waals surface area contributed by atoms with Gasteiger partial charge in [0.15, 0.2) is 17.7 Å². The number of hydrogen-bond acceptors (Lipinski definition) is 10. The Balaban J connectivity index is 6.06. The summed E-state index contributed by atoms with van der Waals surface area (Å²) in [5.41, 5.74) is -3.09. The summed E-state index contributed by atoms with van der Waals surface area (Å²) in [6.45, 7) is 2.27. The zero-order chi connectivity index (χ0) is 18.5. The topological polar surface area (TPSA) is 164 Å². The Labute approximate surface area is 131 Å². The Hall–Kier alpha value is -2.17. The van der Waals surface area contributed by atoms with Crippen LogP contribution in [0.4, 0.5) is 0 Å². The van der Waals surface area contributed by atoms with Gasteiger partial charge in [-0.15, -0.1) is 0 Å². The van der Waals surface area contributed by atoms with Crippen LogP contribution >= 0.6 is 0 Å². The van der Waals surface area contributed by atoms with Crippen LogP contribution in [0.3, 0.4) is 0 Å². The molecule has 0 rings (SSSR count). The smallest absolute Gasteiger partial charge is 0.337 e. The SMILES string of the molecule is COC(=O)C(O)C(O)C(O)[C@](OC(C)=O)(C(C)=O)C(=O)C(C)=O. The van der Waals surface area contributed by atoms with E-state index in [0.717, 1.165) is 27.9 Å². The highest BCUT2D eigenvalue weighted by atomic mass is 16.6. The number of Topliss-reactive ketones (excluding diaryl/α,β-unsaturated/α-hetero) is 3. The van der Waals surface area contributed by atoms with Crippen LogP contribution in [0.5, 0.6) is 0 Å². The number of ether oxygens (including phenoxy) is 2. The number of carbonyl (C=O) groups is 5. The van der Waals surface area contributed by atoms with E-state index in [1.807, 2.05) is 0 Å². The highest BCUT2D eigenvalue weighted by molar-refractivity contribution is 6.44. The van der Waals surface area contributed by atoms with E-state index >= 15 is 0 Å². The normalized spacial score (nSPS) is 17.2. The number of rotatable bonds is 8. The maximum Gasteiger partial charge on any atom is 0.337 e. The number of esters is 2. The van der Waals surface area contributed by atoms with Crippen molar-refractivity contribution < 1.29 is 48.8 Å². The Kier molecular flexibility index (Phi) is 7.16. The maximum atomic E-state index is 12.0. The van der Waals surface area contributed by atoms with Gasteiger partial charge >= 0.3 is 11.9 Å². The van der Waals surface area contributed by atoms with Crippen LogP contribution in [0.2, 0.25) is 0 Å². The highest BCUT2D eigenvalue weighted by Gasteiger charge is 2.58. The predicted octanol–water partition coefficient (Wildman–Crippen LogP) is -2.71. The fourth-order valence-corrected chi connectivity index (χ4v) is 1.84. The molecule has 0 radical (unpaired) electrons. The van der Waals surface area contributed by atoms with E-state index in [-0.39, 0.29) is 0 Å². The van der Waals surface area contributed by atoms with Crippen LogP contribution < -0.4 is 0 Å². The second-order valence-electron chi connectivity index (χ2n) is 4.67. The first-order valence-electron chi connectivity index (χ1n) is 6.31. The summed E-state index contributed by atoms with van der Waals surface area (Å²) in [6.07, 6.45) is -7.40. The van der Waals surface area contributed by atoms with E-state index in [4.69, 9.17) is 0 Å². The van der Waals surface area contributed by atoms with Gasteiger partial charge in [-0.05, 0) is 6.92 Å². The number of hydrogen-bond donors (Lipinski definition) is 3. The van der Waals surface area contributed by atoms with Gasteiger partial charge in [-0.3, -0.25) is 19.2 Å². The average Bonchev–Trinajstić information content (AvgIpc) is 2.47. The van der Waals surface area contributed by atoms with Crippen molar-refractivity contribution in [3.05, 3.63) is 0 Å². The van der Waals surface area contributed by atoms with Crippen LogP contribution in [0, 0.1) is 0 Å². The molecule has 0 heterocycles. The third-order valence-electron chi connectivity index (χ3n) is 2.99. The Morgan fingerprint density at radius 1 is 0.957 bits per heavy atom. The van der Waals surface area contributed by atoms with Gasteiger partial charge in [0.05, 0.1) is 7.11 Å². The van der Waals surface area contributed by atoms with E-state index in [1.165, 1.54) is 0 Å². The Morgan fingerprint density at radius 3 is 1.74 bits per heavy atom. The highest BCUT2D eigenvalue weighted by Crippen LogP contribution is 2.25. The van der Waals surface area contributed by atoms with Gasteiger partial charge in [0.2, 0.25) is 0 Å². The van der Waals surface area contributed by atoms with E-state index < -0.39 is 53.2 Å². The quantitative estimate of drug-likeness (QED) is 0.241. The van der Waals surface area contributed by atoms with Gasteiger partial charge in [0, 0.05) is 13.8 Å². The molecule has 10 heteroatoms. The van der Waals surface area contributed by atoms with Gasteiger partial charge in [-0.25, -0.2) is 4.79 Å². The molecule has 23 heavy (non-hydrogen) atoms. The van der Waals surface area contributed by atoms with E-state index in [0.29, 0.717) is 0 Å². The summed E-state index contributed by atoms with van der Waals surface area (Å²) < 4.78 is 8.68. The lowest BCUT2D eigenvalue weighted by Gasteiger charge is -2.35. The molecule has 0 aromatic heterocycles. The van der Waals surface area contributed by atoms with Crippen LogP contribution in [0.25, 0.3) is 0 Å². The maximum absolute atomic E-state index is 12.0. The molecular weight excluding hydrogens is 316 g/mol. The zero-order valence-corrected chi connectivity index (χ0v) is 12.9. The molecule has 0 saturated heterocycles. The summed E-state index contributed by atoms with van der Waals surface area (Å²) in [7, 11) is 0.871. The van der Waals surface area contributed by atoms with Crippen LogP contribution in [0.15, 0.2) is 0 Å². The summed E-state index contributed by atoms with van der Waals surface area (Å²) in [4.78, 5) is 57.6. The largest absolute Gasteiger partial charge is 0.467 e. The van der Waals surface area contributed by atoms with Crippen LogP contribution in [-0.4, -0.2) is 75.6 Å². The van der Waals surface area contributed by atoms with E-state index in [1.54, 1.807) is 0 Å². The molecule has 0 aliphatic heterocycles. The second-order valence-corrected chi connectivity index (χ2v) is 4.67. The number of carbonyl (C=O) groups excluding carboxylic acids is 5. The molecule has 0 amide bonds. The lowest BCUT2D eigenvalue weighted by molar-refractivity contribution is -0.199. The summed E-state index contributed by atoms with van der Waals surface area (Å²) in [5, 5.41) is 29.4. The molecular formula is C13H18O10. The first-order valence-corrected chi connectivity index (χ1v) is 6.31. The van der Waals surface area contributed by atoms with E-state index in [9.17, 15) is 39.3 Å². The first kappa shape index (κ1) is 20.8. The van der Waals surface area contributed by atoms with Crippen molar-refractivity contribution in [2.75, 3.05) is 7.11 Å². The molecule has 3 unspecified atom stereocenters. The molecule has 10 nitrogen and oxygen atoms in total.